The van der Waals surface area contributed by atoms with E-state index in [4.69, 9.17) is 10.5 Å². The normalized spacial score (nSPS) is 25.2. The molecular formula is C8H12N2O. The highest BCUT2D eigenvalue weighted by atomic mass is 16.5. The van der Waals surface area contributed by atoms with Gasteiger partial charge in [-0.15, -0.1) is 0 Å². The van der Waals surface area contributed by atoms with Gasteiger partial charge in [-0.1, -0.05) is 6.08 Å². The summed E-state index contributed by atoms with van der Waals surface area (Å²) in [6, 6.07) is 0. The molecule has 3 nitrogen and oxygen atoms in total. The quantitative estimate of drug-likeness (QED) is 0.613. The summed E-state index contributed by atoms with van der Waals surface area (Å²) in [5.74, 6) is 0.658. The van der Waals surface area contributed by atoms with Crippen LogP contribution in [0.2, 0.25) is 0 Å². The third-order valence-electron chi connectivity index (χ3n) is 1.43. The highest BCUT2D eigenvalue weighted by Gasteiger charge is 2.14. The Hall–Kier alpha value is -1.25. The molecule has 0 spiro atoms. The van der Waals surface area contributed by atoms with E-state index in [1.165, 1.54) is 0 Å². The van der Waals surface area contributed by atoms with Gasteiger partial charge in [-0.25, -0.2) is 4.99 Å². The number of rotatable bonds is 1. The van der Waals surface area contributed by atoms with Gasteiger partial charge in [0.1, 0.15) is 0 Å². The Labute approximate surface area is 66.3 Å². The van der Waals surface area contributed by atoms with Crippen molar-refractivity contribution in [1.82, 2.24) is 0 Å². The molecule has 1 aliphatic heterocycles. The number of nitrogens with two attached hydrogens (primary N) is 1. The highest BCUT2D eigenvalue weighted by Crippen LogP contribution is 2.13. The van der Waals surface area contributed by atoms with Crippen LogP contribution in [0.4, 0.5) is 0 Å². The van der Waals surface area contributed by atoms with Crippen LogP contribution in [0.3, 0.4) is 0 Å². The average Bonchev–Trinajstić information content (AvgIpc) is 2.47. The SMILES string of the molecule is C\C=C/N=C1/OCC/C1=C/N. The molecule has 0 aromatic heterocycles. The third kappa shape index (κ3) is 1.83. The van der Waals surface area contributed by atoms with Gasteiger partial charge in [0.25, 0.3) is 0 Å². The monoisotopic (exact) mass is 152 g/mol. The van der Waals surface area contributed by atoms with E-state index in [1.807, 2.05) is 13.0 Å². The molecular weight excluding hydrogens is 140 g/mol. The van der Waals surface area contributed by atoms with Crippen molar-refractivity contribution in [3.05, 3.63) is 24.0 Å². The van der Waals surface area contributed by atoms with Crippen molar-refractivity contribution < 1.29 is 4.74 Å². The minimum atomic E-state index is 0.658. The Morgan fingerprint density at radius 3 is 3.09 bits per heavy atom. The molecule has 0 unspecified atom stereocenters. The van der Waals surface area contributed by atoms with Crippen LogP contribution in [-0.4, -0.2) is 12.5 Å². The Bertz CT molecular complexity index is 216. The molecule has 1 aliphatic rings. The zero-order chi connectivity index (χ0) is 8.10. The van der Waals surface area contributed by atoms with Gasteiger partial charge in [-0.2, -0.15) is 0 Å². The molecule has 0 saturated carbocycles. The fourth-order valence-corrected chi connectivity index (χ4v) is 0.874. The van der Waals surface area contributed by atoms with Crippen LogP contribution in [0.5, 0.6) is 0 Å². The maximum absolute atomic E-state index is 5.35. The number of hydrogen-bond acceptors (Lipinski definition) is 3. The molecule has 1 saturated heterocycles. The van der Waals surface area contributed by atoms with Gasteiger partial charge in [0.15, 0.2) is 0 Å². The minimum Gasteiger partial charge on any atom is -0.477 e. The summed E-state index contributed by atoms with van der Waals surface area (Å²) in [6.07, 6.45) is 5.97. The number of hydrogen-bond donors (Lipinski definition) is 1. The van der Waals surface area contributed by atoms with Crippen molar-refractivity contribution >= 4 is 5.90 Å². The summed E-state index contributed by atoms with van der Waals surface area (Å²) in [4.78, 5) is 4.06. The van der Waals surface area contributed by atoms with E-state index in [-0.39, 0.29) is 0 Å². The summed E-state index contributed by atoms with van der Waals surface area (Å²) in [6.45, 7) is 2.60. The highest BCUT2D eigenvalue weighted by molar-refractivity contribution is 5.95. The molecule has 0 radical (unpaired) electrons. The lowest BCUT2D eigenvalue weighted by Gasteiger charge is -1.94. The van der Waals surface area contributed by atoms with Crippen LogP contribution in [0, 0.1) is 0 Å². The smallest absolute Gasteiger partial charge is 0.218 e. The van der Waals surface area contributed by atoms with Gasteiger partial charge in [0, 0.05) is 24.4 Å². The van der Waals surface area contributed by atoms with Gasteiger partial charge in [0.2, 0.25) is 5.90 Å². The zero-order valence-corrected chi connectivity index (χ0v) is 6.58. The third-order valence-corrected chi connectivity index (χ3v) is 1.43. The summed E-state index contributed by atoms with van der Waals surface area (Å²) in [5, 5.41) is 0. The topological polar surface area (TPSA) is 47.6 Å². The standard InChI is InChI=1S/C8H12N2O/c1-2-4-10-8-7(6-9)3-5-11-8/h2,4,6H,3,5,9H2,1H3/b4-2-,7-6-,10-8+. The molecule has 0 aromatic carbocycles. The fraction of sp³-hybridized carbons (Fsp3) is 0.375. The fourth-order valence-electron chi connectivity index (χ4n) is 0.874. The summed E-state index contributed by atoms with van der Waals surface area (Å²) in [7, 11) is 0. The molecule has 3 heteroatoms. The Balaban J connectivity index is 2.71. The van der Waals surface area contributed by atoms with E-state index in [0.29, 0.717) is 12.5 Å². The minimum absolute atomic E-state index is 0.658. The predicted octanol–water partition coefficient (Wildman–Crippen LogP) is 1.18. The first-order valence-corrected chi connectivity index (χ1v) is 3.61. The number of nitrogens with zero attached hydrogens (tertiary/aromatic N) is 1. The molecule has 1 fully saturated rings. The molecule has 0 bridgehead atoms. The Kier molecular flexibility index (Phi) is 2.72. The largest absolute Gasteiger partial charge is 0.477 e. The van der Waals surface area contributed by atoms with E-state index >= 15 is 0 Å². The van der Waals surface area contributed by atoms with E-state index in [0.717, 1.165) is 12.0 Å². The molecule has 1 rings (SSSR count). The van der Waals surface area contributed by atoms with Crippen LogP contribution in [-0.2, 0) is 4.74 Å². The number of ether oxygens (including phenoxy) is 1. The molecule has 0 aliphatic carbocycles. The van der Waals surface area contributed by atoms with Crippen molar-refractivity contribution in [3.63, 3.8) is 0 Å². The van der Waals surface area contributed by atoms with E-state index < -0.39 is 0 Å². The zero-order valence-electron chi connectivity index (χ0n) is 6.58. The predicted molar refractivity (Wildman–Crippen MR) is 45.1 cm³/mol. The molecule has 60 valence electrons. The molecule has 0 amide bonds. The average molecular weight is 152 g/mol. The molecule has 11 heavy (non-hydrogen) atoms. The second-order valence-electron chi connectivity index (χ2n) is 2.21. The Morgan fingerprint density at radius 2 is 2.45 bits per heavy atom. The molecule has 1 heterocycles. The van der Waals surface area contributed by atoms with E-state index in [9.17, 15) is 0 Å². The first-order chi connectivity index (χ1) is 5.38. The van der Waals surface area contributed by atoms with Crippen molar-refractivity contribution in [3.8, 4) is 0 Å². The van der Waals surface area contributed by atoms with Crippen molar-refractivity contribution in [2.45, 2.75) is 13.3 Å². The lowest BCUT2D eigenvalue weighted by molar-refractivity contribution is 0.343. The first kappa shape index (κ1) is 7.85. The van der Waals surface area contributed by atoms with Crippen molar-refractivity contribution in [2.75, 3.05) is 6.61 Å². The lowest BCUT2D eigenvalue weighted by Crippen LogP contribution is -1.97. The first-order valence-electron chi connectivity index (χ1n) is 3.61. The summed E-state index contributed by atoms with van der Waals surface area (Å²) in [5.41, 5.74) is 6.34. The van der Waals surface area contributed by atoms with Crippen molar-refractivity contribution in [2.24, 2.45) is 10.7 Å². The van der Waals surface area contributed by atoms with Gasteiger partial charge >= 0.3 is 0 Å². The van der Waals surface area contributed by atoms with Crippen LogP contribution in [0.1, 0.15) is 13.3 Å². The van der Waals surface area contributed by atoms with Crippen molar-refractivity contribution in [1.29, 1.82) is 0 Å². The lowest BCUT2D eigenvalue weighted by atomic mass is 10.2. The molecule has 0 atom stereocenters. The number of allylic oxidation sites excluding steroid dienone is 1. The second kappa shape index (κ2) is 3.81. The summed E-state index contributed by atoms with van der Waals surface area (Å²) >= 11 is 0. The van der Waals surface area contributed by atoms with Crippen LogP contribution in [0.25, 0.3) is 0 Å². The number of aliphatic imine (C=N–C) groups is 1. The van der Waals surface area contributed by atoms with Gasteiger partial charge in [0.05, 0.1) is 6.61 Å². The van der Waals surface area contributed by atoms with Gasteiger partial charge < -0.3 is 10.5 Å². The van der Waals surface area contributed by atoms with E-state index in [1.54, 1.807) is 12.4 Å². The molecule has 2 N–H and O–H groups in total. The maximum atomic E-state index is 5.35. The second-order valence-corrected chi connectivity index (χ2v) is 2.21. The van der Waals surface area contributed by atoms with Gasteiger partial charge in [-0.3, -0.25) is 0 Å². The van der Waals surface area contributed by atoms with Crippen LogP contribution in [0.15, 0.2) is 29.0 Å². The molecule has 0 aromatic rings. The van der Waals surface area contributed by atoms with Crippen LogP contribution < -0.4 is 5.73 Å². The van der Waals surface area contributed by atoms with E-state index in [2.05, 4.69) is 4.99 Å². The van der Waals surface area contributed by atoms with Gasteiger partial charge in [-0.05, 0) is 6.92 Å². The Morgan fingerprint density at radius 1 is 1.64 bits per heavy atom. The summed E-state index contributed by atoms with van der Waals surface area (Å²) < 4.78 is 5.21. The maximum Gasteiger partial charge on any atom is 0.218 e. The van der Waals surface area contributed by atoms with Crippen LogP contribution >= 0.6 is 0 Å².